The summed E-state index contributed by atoms with van der Waals surface area (Å²) in [5, 5.41) is 11.8. The van der Waals surface area contributed by atoms with E-state index in [1.54, 1.807) is 12.4 Å². The third kappa shape index (κ3) is 5.11. The third-order valence-electron chi connectivity index (χ3n) is 7.24. The van der Waals surface area contributed by atoms with Crippen molar-refractivity contribution in [2.24, 2.45) is 5.92 Å². The zero-order valence-electron chi connectivity index (χ0n) is 21.2. The highest BCUT2D eigenvalue weighted by atomic mass is 19.3. The first-order chi connectivity index (χ1) is 18.5. The number of hydrogen-bond acceptors (Lipinski definition) is 7. The number of fused-ring (bicyclic) bond motifs is 1. The number of benzene rings is 2. The molecule has 0 spiro atoms. The number of pyridine rings is 1. The normalized spacial score (nSPS) is 20.2. The molecule has 3 N–H and O–H groups in total. The van der Waals surface area contributed by atoms with Gasteiger partial charge in [0.05, 0.1) is 11.3 Å². The lowest BCUT2D eigenvalue weighted by Crippen LogP contribution is -2.38. The van der Waals surface area contributed by atoms with Crippen molar-refractivity contribution in [2.75, 3.05) is 30.3 Å². The number of hydrogen-bond donors (Lipinski definition) is 3. The Morgan fingerprint density at radius 3 is 2.76 bits per heavy atom. The number of aromatic nitrogens is 3. The molecule has 2 aromatic carbocycles. The van der Waals surface area contributed by atoms with Gasteiger partial charge in [-0.15, -0.1) is 0 Å². The van der Waals surface area contributed by atoms with E-state index < -0.39 is 11.8 Å². The van der Waals surface area contributed by atoms with Gasteiger partial charge in [-0.05, 0) is 56.1 Å². The van der Waals surface area contributed by atoms with E-state index >= 15 is 0 Å². The molecule has 1 aliphatic heterocycles. The second-order valence-corrected chi connectivity index (χ2v) is 10.1. The first kappa shape index (κ1) is 24.5. The fourth-order valence-electron chi connectivity index (χ4n) is 4.95. The fourth-order valence-corrected chi connectivity index (χ4v) is 4.95. The van der Waals surface area contributed by atoms with Gasteiger partial charge < -0.3 is 20.7 Å². The van der Waals surface area contributed by atoms with E-state index in [9.17, 15) is 8.78 Å². The monoisotopic (exact) mass is 516 g/mol. The molecular formula is C29H30F2N6O. The number of nitrogens with zero attached hydrogens (tertiary/aromatic N) is 3. The largest absolute Gasteiger partial charge is 0.437 e. The maximum atomic E-state index is 13.4. The molecular weight excluding hydrogens is 486 g/mol. The van der Waals surface area contributed by atoms with Crippen molar-refractivity contribution in [1.82, 2.24) is 20.3 Å². The zero-order chi connectivity index (χ0) is 26.1. The van der Waals surface area contributed by atoms with Crippen LogP contribution >= 0.6 is 0 Å². The highest BCUT2D eigenvalue weighted by Crippen LogP contribution is 2.48. The Kier molecular flexibility index (Phi) is 6.53. The first-order valence-electron chi connectivity index (χ1n) is 13.1. The number of alkyl halides is 2. The number of aryl methyl sites for hydroxylation is 1. The van der Waals surface area contributed by atoms with Crippen molar-refractivity contribution in [1.29, 1.82) is 0 Å². The molecule has 0 amide bonds. The van der Waals surface area contributed by atoms with Gasteiger partial charge in [-0.25, -0.2) is 23.7 Å². The van der Waals surface area contributed by atoms with E-state index in [-0.39, 0.29) is 19.0 Å². The molecule has 0 radical (unpaired) electrons. The van der Waals surface area contributed by atoms with Crippen molar-refractivity contribution in [3.63, 3.8) is 0 Å². The van der Waals surface area contributed by atoms with Gasteiger partial charge in [0.15, 0.2) is 0 Å². The van der Waals surface area contributed by atoms with Gasteiger partial charge in [-0.3, -0.25) is 0 Å². The smallest absolute Gasteiger partial charge is 0.253 e. The van der Waals surface area contributed by atoms with Gasteiger partial charge in [-0.1, -0.05) is 24.3 Å². The summed E-state index contributed by atoms with van der Waals surface area (Å²) in [6, 6.07) is 15.7. The summed E-state index contributed by atoms with van der Waals surface area (Å²) in [4.78, 5) is 13.7. The second-order valence-electron chi connectivity index (χ2n) is 10.1. The number of anilines is 2. The van der Waals surface area contributed by atoms with Crippen molar-refractivity contribution < 1.29 is 13.5 Å². The van der Waals surface area contributed by atoms with Gasteiger partial charge in [0.1, 0.15) is 5.75 Å². The van der Waals surface area contributed by atoms with Crippen LogP contribution in [-0.2, 0) is 0 Å². The second kappa shape index (κ2) is 10.1. The Bertz CT molecular complexity index is 1460. The van der Waals surface area contributed by atoms with Crippen LogP contribution in [0.4, 0.5) is 20.4 Å². The van der Waals surface area contributed by atoms with Crippen LogP contribution in [0.3, 0.4) is 0 Å². The SMILES string of the molecule is Cc1ccc2c(NCC3CC3(F)F)cccc2c1Oc1ncccc1-c1ccnc(NC2CCCNC2)n1. The number of piperidine rings is 1. The van der Waals surface area contributed by atoms with E-state index in [4.69, 9.17) is 9.72 Å². The highest BCUT2D eigenvalue weighted by Gasteiger charge is 2.56. The summed E-state index contributed by atoms with van der Waals surface area (Å²) in [6.07, 6.45) is 5.56. The summed E-state index contributed by atoms with van der Waals surface area (Å²) in [6.45, 7) is 4.14. The van der Waals surface area contributed by atoms with Gasteiger partial charge in [0.2, 0.25) is 11.8 Å². The molecule has 2 aliphatic rings. The molecule has 0 bridgehead atoms. The van der Waals surface area contributed by atoms with Crippen LogP contribution in [0.1, 0.15) is 24.8 Å². The number of ether oxygens (including phenoxy) is 1. The van der Waals surface area contributed by atoms with Gasteiger partial charge >= 0.3 is 0 Å². The van der Waals surface area contributed by atoms with E-state index in [0.717, 1.165) is 53.5 Å². The van der Waals surface area contributed by atoms with Crippen LogP contribution in [0.5, 0.6) is 11.6 Å². The molecule has 2 aromatic heterocycles. The Morgan fingerprint density at radius 1 is 1.05 bits per heavy atom. The van der Waals surface area contributed by atoms with Gasteiger partial charge in [0.25, 0.3) is 5.92 Å². The lowest BCUT2D eigenvalue weighted by molar-refractivity contribution is 0.101. The van der Waals surface area contributed by atoms with E-state index in [2.05, 4.69) is 25.9 Å². The molecule has 9 heteroatoms. The van der Waals surface area contributed by atoms with Crippen LogP contribution < -0.4 is 20.7 Å². The average Bonchev–Trinajstić information content (AvgIpc) is 3.56. The topological polar surface area (TPSA) is 84.0 Å². The van der Waals surface area contributed by atoms with E-state index in [1.807, 2.05) is 55.5 Å². The van der Waals surface area contributed by atoms with Crippen LogP contribution in [0.15, 0.2) is 60.9 Å². The van der Waals surface area contributed by atoms with Gasteiger partial charge in [-0.2, -0.15) is 0 Å². The molecule has 7 nitrogen and oxygen atoms in total. The molecule has 38 heavy (non-hydrogen) atoms. The van der Waals surface area contributed by atoms with E-state index in [1.165, 1.54) is 0 Å². The predicted octanol–water partition coefficient (Wildman–Crippen LogP) is 6.02. The zero-order valence-corrected chi connectivity index (χ0v) is 21.2. The van der Waals surface area contributed by atoms with Crippen molar-refractivity contribution >= 4 is 22.4 Å². The number of rotatable bonds is 8. The Labute approximate surface area is 220 Å². The maximum Gasteiger partial charge on any atom is 0.253 e. The third-order valence-corrected chi connectivity index (χ3v) is 7.24. The molecule has 1 aliphatic carbocycles. The number of halogens is 2. The predicted molar refractivity (Wildman–Crippen MR) is 145 cm³/mol. The van der Waals surface area contributed by atoms with Crippen LogP contribution in [0.2, 0.25) is 0 Å². The van der Waals surface area contributed by atoms with Crippen LogP contribution in [0, 0.1) is 12.8 Å². The molecule has 6 rings (SSSR count). The molecule has 2 atom stereocenters. The van der Waals surface area contributed by atoms with Crippen molar-refractivity contribution in [3.8, 4) is 22.9 Å². The fraction of sp³-hybridized carbons (Fsp3) is 0.345. The summed E-state index contributed by atoms with van der Waals surface area (Å²) in [5.74, 6) is -1.49. The summed E-state index contributed by atoms with van der Waals surface area (Å²) in [5.41, 5.74) is 3.20. The van der Waals surface area contributed by atoms with E-state index in [0.29, 0.717) is 23.3 Å². The molecule has 2 unspecified atom stereocenters. The quantitative estimate of drug-likeness (QED) is 0.264. The summed E-state index contributed by atoms with van der Waals surface area (Å²) >= 11 is 0. The Hall–Kier alpha value is -3.85. The molecule has 3 heterocycles. The lowest BCUT2D eigenvalue weighted by atomic mass is 10.0. The molecule has 1 saturated heterocycles. The summed E-state index contributed by atoms with van der Waals surface area (Å²) < 4.78 is 33.3. The van der Waals surface area contributed by atoms with Gasteiger partial charge in [0, 0.05) is 60.3 Å². The minimum atomic E-state index is -2.55. The first-order valence-corrected chi connectivity index (χ1v) is 13.1. The number of nitrogens with one attached hydrogen (secondary N) is 3. The standard InChI is InChI=1S/C29H30F2N6O/c1-18-9-10-21-22(6-2-8-24(21)35-16-19-15-29(19,30)31)26(18)38-27-23(7-4-13-33-27)25-11-14-34-28(37-25)36-20-5-3-12-32-17-20/h2,4,6-11,13-14,19-20,32,35H,3,5,12,15-17H2,1H3,(H,34,36,37). The average molecular weight is 517 g/mol. The maximum absolute atomic E-state index is 13.4. The molecule has 1 saturated carbocycles. The summed E-state index contributed by atoms with van der Waals surface area (Å²) in [7, 11) is 0. The minimum Gasteiger partial charge on any atom is -0.437 e. The van der Waals surface area contributed by atoms with Crippen molar-refractivity contribution in [2.45, 2.75) is 38.2 Å². The van der Waals surface area contributed by atoms with Crippen molar-refractivity contribution in [3.05, 3.63) is 66.5 Å². The van der Waals surface area contributed by atoms with Crippen LogP contribution in [-0.4, -0.2) is 46.6 Å². The molecule has 2 fully saturated rings. The Balaban J connectivity index is 1.29. The highest BCUT2D eigenvalue weighted by molar-refractivity contribution is 5.98. The molecule has 4 aromatic rings. The minimum absolute atomic E-state index is 0.0570. The molecule has 196 valence electrons. The Morgan fingerprint density at radius 2 is 1.95 bits per heavy atom. The van der Waals surface area contributed by atoms with Crippen LogP contribution in [0.25, 0.3) is 22.0 Å². The lowest BCUT2D eigenvalue weighted by Gasteiger charge is -2.23.